The highest BCUT2D eigenvalue weighted by Gasteiger charge is 2.32. The van der Waals surface area contributed by atoms with E-state index < -0.39 is 0 Å². The van der Waals surface area contributed by atoms with Gasteiger partial charge in [-0.05, 0) is 29.8 Å². The molecule has 0 spiro atoms. The molecule has 1 aliphatic heterocycles. The topological polar surface area (TPSA) is 38.8 Å². The molecule has 23 heavy (non-hydrogen) atoms. The second-order valence-electron chi connectivity index (χ2n) is 5.19. The van der Waals surface area contributed by atoms with Crippen LogP contribution >= 0.6 is 11.8 Å². The van der Waals surface area contributed by atoms with Gasteiger partial charge < -0.3 is 14.4 Å². The Bertz CT molecular complexity index is 662. The lowest BCUT2D eigenvalue weighted by Gasteiger charge is -2.24. The van der Waals surface area contributed by atoms with Gasteiger partial charge in [0.05, 0.1) is 19.4 Å². The third kappa shape index (κ3) is 3.79. The lowest BCUT2D eigenvalue weighted by atomic mass is 10.2. The van der Waals surface area contributed by atoms with Crippen LogP contribution < -0.4 is 9.47 Å². The lowest BCUT2D eigenvalue weighted by Crippen LogP contribution is -2.32. The zero-order chi connectivity index (χ0) is 16.1. The van der Waals surface area contributed by atoms with E-state index in [9.17, 15) is 4.79 Å². The summed E-state index contributed by atoms with van der Waals surface area (Å²) in [5, 5.41) is 0.0250. The van der Waals surface area contributed by atoms with Gasteiger partial charge >= 0.3 is 0 Å². The van der Waals surface area contributed by atoms with Crippen molar-refractivity contribution >= 4 is 17.7 Å². The molecular weight excluding hydrogens is 310 g/mol. The van der Waals surface area contributed by atoms with Crippen molar-refractivity contribution in [3.63, 3.8) is 0 Å². The molecule has 1 unspecified atom stereocenters. The maximum atomic E-state index is 12.2. The number of benzene rings is 2. The highest BCUT2D eigenvalue weighted by atomic mass is 32.2. The number of rotatable bonds is 6. The highest BCUT2D eigenvalue weighted by Crippen LogP contribution is 2.39. The maximum absolute atomic E-state index is 12.2. The summed E-state index contributed by atoms with van der Waals surface area (Å²) in [6, 6.07) is 17.5. The minimum Gasteiger partial charge on any atom is -0.497 e. The van der Waals surface area contributed by atoms with E-state index in [0.717, 1.165) is 17.1 Å². The van der Waals surface area contributed by atoms with Gasteiger partial charge in [0.1, 0.15) is 23.5 Å². The minimum atomic E-state index is 0.0250. The molecule has 0 N–H and O–H groups in total. The first kappa shape index (κ1) is 15.7. The summed E-state index contributed by atoms with van der Waals surface area (Å²) in [6.45, 7) is 1.05. The Balaban J connectivity index is 1.65. The third-order valence-electron chi connectivity index (χ3n) is 3.69. The Kier molecular flexibility index (Phi) is 5.08. The van der Waals surface area contributed by atoms with Gasteiger partial charge in [0, 0.05) is 0 Å². The molecule has 1 aliphatic rings. The van der Waals surface area contributed by atoms with E-state index in [-0.39, 0.29) is 11.3 Å². The Morgan fingerprint density at radius 3 is 2.70 bits per heavy atom. The molecule has 120 valence electrons. The monoisotopic (exact) mass is 329 g/mol. The first-order valence-corrected chi connectivity index (χ1v) is 8.55. The van der Waals surface area contributed by atoms with Gasteiger partial charge in [-0.1, -0.05) is 30.3 Å². The number of thioether (sulfide) groups is 1. The summed E-state index contributed by atoms with van der Waals surface area (Å²) in [5.41, 5.74) is 1.08. The summed E-state index contributed by atoms with van der Waals surface area (Å²) in [4.78, 5) is 14.1. The number of hydrogen-bond donors (Lipinski definition) is 0. The van der Waals surface area contributed by atoms with E-state index in [0.29, 0.717) is 18.9 Å². The molecule has 1 atom stereocenters. The van der Waals surface area contributed by atoms with Crippen LogP contribution in [0, 0.1) is 0 Å². The molecule has 1 heterocycles. The molecule has 1 fully saturated rings. The molecule has 0 aromatic heterocycles. The number of nitrogens with zero attached hydrogens (tertiary/aromatic N) is 1. The average Bonchev–Trinajstić information content (AvgIpc) is 2.97. The van der Waals surface area contributed by atoms with Crippen LogP contribution in [0.5, 0.6) is 11.5 Å². The first-order valence-electron chi connectivity index (χ1n) is 7.51. The Labute approximate surface area is 140 Å². The van der Waals surface area contributed by atoms with Gasteiger partial charge in [0.25, 0.3) is 0 Å². The summed E-state index contributed by atoms with van der Waals surface area (Å²) in [6.07, 6.45) is 0. The van der Waals surface area contributed by atoms with Crippen LogP contribution in [-0.4, -0.2) is 36.8 Å². The van der Waals surface area contributed by atoms with Crippen molar-refractivity contribution in [2.75, 3.05) is 26.0 Å². The number of amides is 1. The molecule has 2 aromatic rings. The number of carbonyl (C=O) groups is 1. The highest BCUT2D eigenvalue weighted by molar-refractivity contribution is 8.00. The lowest BCUT2D eigenvalue weighted by molar-refractivity contribution is -0.128. The van der Waals surface area contributed by atoms with Crippen molar-refractivity contribution in [1.82, 2.24) is 4.90 Å². The van der Waals surface area contributed by atoms with Crippen molar-refractivity contribution in [2.45, 2.75) is 5.37 Å². The first-order chi connectivity index (χ1) is 11.3. The molecule has 2 aromatic carbocycles. The summed E-state index contributed by atoms with van der Waals surface area (Å²) < 4.78 is 11.0. The Hall–Kier alpha value is -2.14. The van der Waals surface area contributed by atoms with E-state index >= 15 is 0 Å². The smallest absolute Gasteiger partial charge is 0.233 e. The summed E-state index contributed by atoms with van der Waals surface area (Å²) in [7, 11) is 1.65. The van der Waals surface area contributed by atoms with Crippen LogP contribution in [0.1, 0.15) is 10.9 Å². The van der Waals surface area contributed by atoms with E-state index in [1.165, 1.54) is 0 Å². The molecule has 5 heteroatoms. The van der Waals surface area contributed by atoms with Crippen LogP contribution in [0.2, 0.25) is 0 Å². The zero-order valence-electron chi connectivity index (χ0n) is 13.0. The van der Waals surface area contributed by atoms with Crippen LogP contribution in [-0.2, 0) is 4.79 Å². The van der Waals surface area contributed by atoms with Crippen LogP contribution in [0.3, 0.4) is 0 Å². The molecule has 1 amide bonds. The van der Waals surface area contributed by atoms with Gasteiger partial charge in [0.15, 0.2) is 0 Å². The van der Waals surface area contributed by atoms with Crippen LogP contribution in [0.4, 0.5) is 0 Å². The zero-order valence-corrected chi connectivity index (χ0v) is 13.8. The predicted octanol–water partition coefficient (Wildman–Crippen LogP) is 3.35. The van der Waals surface area contributed by atoms with Crippen molar-refractivity contribution in [2.24, 2.45) is 0 Å². The van der Waals surface area contributed by atoms with Crippen molar-refractivity contribution in [3.8, 4) is 11.5 Å². The quantitative estimate of drug-likeness (QED) is 0.815. The number of hydrogen-bond acceptors (Lipinski definition) is 4. The standard InChI is InChI=1S/C18H19NO3S/c1-21-16-9-5-6-14(12-16)18-19(17(20)13-23-18)10-11-22-15-7-3-2-4-8-15/h2-9,12,18H,10-11,13H2,1H3. The second kappa shape index (κ2) is 7.42. The molecule has 0 bridgehead atoms. The van der Waals surface area contributed by atoms with Gasteiger partial charge in [0.2, 0.25) is 5.91 Å². The predicted molar refractivity (Wildman–Crippen MR) is 91.8 cm³/mol. The van der Waals surface area contributed by atoms with Crippen molar-refractivity contribution in [3.05, 3.63) is 60.2 Å². The number of methoxy groups -OCH3 is 1. The Morgan fingerprint density at radius 2 is 1.91 bits per heavy atom. The van der Waals surface area contributed by atoms with Crippen LogP contribution in [0.25, 0.3) is 0 Å². The van der Waals surface area contributed by atoms with Crippen molar-refractivity contribution in [1.29, 1.82) is 0 Å². The average molecular weight is 329 g/mol. The maximum Gasteiger partial charge on any atom is 0.233 e. The Morgan fingerprint density at radius 1 is 1.13 bits per heavy atom. The number of carbonyl (C=O) groups excluding carboxylic acids is 1. The SMILES string of the molecule is COc1cccc(C2SCC(=O)N2CCOc2ccccc2)c1. The fraction of sp³-hybridized carbons (Fsp3) is 0.278. The fourth-order valence-electron chi connectivity index (χ4n) is 2.55. The van der Waals surface area contributed by atoms with Gasteiger partial charge in [-0.25, -0.2) is 0 Å². The second-order valence-corrected chi connectivity index (χ2v) is 6.26. The van der Waals surface area contributed by atoms with Gasteiger partial charge in [-0.2, -0.15) is 0 Å². The summed E-state index contributed by atoms with van der Waals surface area (Å²) >= 11 is 1.64. The molecule has 3 rings (SSSR count). The van der Waals surface area contributed by atoms with E-state index in [1.807, 2.05) is 59.5 Å². The minimum absolute atomic E-state index is 0.0250. The number of ether oxygens (including phenoxy) is 2. The molecule has 1 saturated heterocycles. The van der Waals surface area contributed by atoms with E-state index in [1.54, 1.807) is 18.9 Å². The van der Waals surface area contributed by atoms with E-state index in [2.05, 4.69) is 0 Å². The molecule has 0 aliphatic carbocycles. The normalized spacial score (nSPS) is 17.3. The molecule has 4 nitrogen and oxygen atoms in total. The molecule has 0 saturated carbocycles. The summed E-state index contributed by atoms with van der Waals surface area (Å²) in [5.74, 6) is 2.29. The van der Waals surface area contributed by atoms with Crippen LogP contribution in [0.15, 0.2) is 54.6 Å². The largest absolute Gasteiger partial charge is 0.497 e. The van der Waals surface area contributed by atoms with Gasteiger partial charge in [-0.15, -0.1) is 11.8 Å². The molecule has 0 radical (unpaired) electrons. The molecular formula is C18H19NO3S. The van der Waals surface area contributed by atoms with Crippen molar-refractivity contribution < 1.29 is 14.3 Å². The number of para-hydroxylation sites is 1. The van der Waals surface area contributed by atoms with Gasteiger partial charge in [-0.3, -0.25) is 4.79 Å². The third-order valence-corrected chi connectivity index (χ3v) is 4.95. The fourth-order valence-corrected chi connectivity index (χ4v) is 3.75. The van der Waals surface area contributed by atoms with E-state index in [4.69, 9.17) is 9.47 Å².